The fraction of sp³-hybridized carbons (Fsp3) is 0.800. The second kappa shape index (κ2) is 6.66. The number of hydrogen-bond acceptors (Lipinski definition) is 1. The molecule has 0 spiro atoms. The fourth-order valence-electron chi connectivity index (χ4n) is 1.29. The van der Waals surface area contributed by atoms with Crippen LogP contribution in [0.1, 0.15) is 33.1 Å². The number of hydrogen-bond donors (Lipinski definition) is 0. The van der Waals surface area contributed by atoms with Gasteiger partial charge in [-0.1, -0.05) is 20.3 Å². The molecule has 0 aromatic heterocycles. The maximum absolute atomic E-state index is 5.32. The molecular weight excluding hydrogens is 136 g/mol. The first-order chi connectivity index (χ1) is 5.26. The van der Waals surface area contributed by atoms with Crippen LogP contribution in [0, 0.1) is 19.3 Å². The van der Waals surface area contributed by atoms with Gasteiger partial charge in [-0.3, -0.25) is 0 Å². The lowest BCUT2D eigenvalue weighted by molar-refractivity contribution is 0.0598. The lowest BCUT2D eigenvalue weighted by Crippen LogP contribution is -2.20. The second-order valence-corrected chi connectivity index (χ2v) is 2.97. The van der Waals surface area contributed by atoms with Crippen LogP contribution in [-0.2, 0) is 4.74 Å². The van der Waals surface area contributed by atoms with E-state index in [1.807, 2.05) is 0 Å². The number of ether oxygens (including phenoxy) is 1. The third-order valence-electron chi connectivity index (χ3n) is 1.94. The third kappa shape index (κ3) is 4.41. The van der Waals surface area contributed by atoms with Gasteiger partial charge in [-0.15, -0.1) is 0 Å². The standard InChI is InChI=1S/C10H20O/c1-5-7-9(3)10(11-4)8-6-2/h5,9-10H,3,6-8H2,1-2,4H3. The van der Waals surface area contributed by atoms with Crippen LogP contribution in [0.5, 0.6) is 0 Å². The summed E-state index contributed by atoms with van der Waals surface area (Å²) in [6.45, 7) is 8.30. The highest BCUT2D eigenvalue weighted by Gasteiger charge is 2.14. The van der Waals surface area contributed by atoms with Gasteiger partial charge >= 0.3 is 0 Å². The van der Waals surface area contributed by atoms with Crippen molar-refractivity contribution in [3.05, 3.63) is 13.3 Å². The summed E-state index contributed by atoms with van der Waals surface area (Å²) in [4.78, 5) is 0. The molecule has 0 aromatic rings. The van der Waals surface area contributed by atoms with Crippen molar-refractivity contribution in [2.75, 3.05) is 7.11 Å². The minimum absolute atomic E-state index is 0.344. The maximum atomic E-state index is 5.32. The molecule has 0 fully saturated rings. The van der Waals surface area contributed by atoms with Crippen LogP contribution in [0.25, 0.3) is 0 Å². The molecule has 2 radical (unpaired) electrons. The van der Waals surface area contributed by atoms with Crippen LogP contribution in [0.4, 0.5) is 0 Å². The molecular formula is C10H20O. The molecule has 0 saturated heterocycles. The average Bonchev–Trinajstić information content (AvgIpc) is 2.00. The Kier molecular flexibility index (Phi) is 6.63. The van der Waals surface area contributed by atoms with E-state index >= 15 is 0 Å². The molecule has 0 aliphatic heterocycles. The molecule has 2 atom stereocenters. The van der Waals surface area contributed by atoms with Gasteiger partial charge in [0.15, 0.2) is 0 Å². The van der Waals surface area contributed by atoms with E-state index in [1.54, 1.807) is 7.11 Å². The van der Waals surface area contributed by atoms with E-state index in [9.17, 15) is 0 Å². The molecule has 66 valence electrons. The molecule has 2 unspecified atom stereocenters. The van der Waals surface area contributed by atoms with Gasteiger partial charge in [0.25, 0.3) is 0 Å². The monoisotopic (exact) mass is 156 g/mol. The molecule has 1 nitrogen and oxygen atoms in total. The SMILES string of the molecule is [CH2]C(C[CH]C)C(CCC)OC. The lowest BCUT2D eigenvalue weighted by Gasteiger charge is -2.21. The van der Waals surface area contributed by atoms with E-state index < -0.39 is 0 Å². The Balaban J connectivity index is 3.61. The van der Waals surface area contributed by atoms with Crippen molar-refractivity contribution in [2.24, 2.45) is 5.92 Å². The fourth-order valence-corrected chi connectivity index (χ4v) is 1.29. The minimum Gasteiger partial charge on any atom is -0.381 e. The van der Waals surface area contributed by atoms with Gasteiger partial charge in [0.05, 0.1) is 6.10 Å². The van der Waals surface area contributed by atoms with Gasteiger partial charge in [-0.2, -0.15) is 0 Å². The second-order valence-electron chi connectivity index (χ2n) is 2.97. The van der Waals surface area contributed by atoms with E-state index in [0.29, 0.717) is 12.0 Å². The first kappa shape index (κ1) is 11.0. The van der Waals surface area contributed by atoms with E-state index in [2.05, 4.69) is 27.2 Å². The highest BCUT2D eigenvalue weighted by Crippen LogP contribution is 2.16. The van der Waals surface area contributed by atoms with Crippen LogP contribution in [0.15, 0.2) is 0 Å². The number of rotatable bonds is 6. The minimum atomic E-state index is 0.344. The topological polar surface area (TPSA) is 9.23 Å². The zero-order valence-electron chi connectivity index (χ0n) is 7.97. The number of methoxy groups -OCH3 is 1. The Morgan fingerprint density at radius 2 is 2.18 bits per heavy atom. The molecule has 1 heteroatoms. The zero-order chi connectivity index (χ0) is 8.69. The highest BCUT2D eigenvalue weighted by molar-refractivity contribution is 4.76. The van der Waals surface area contributed by atoms with E-state index in [1.165, 1.54) is 6.42 Å². The summed E-state index contributed by atoms with van der Waals surface area (Å²) in [5.74, 6) is 0.421. The van der Waals surface area contributed by atoms with E-state index in [0.717, 1.165) is 12.8 Å². The Bertz CT molecular complexity index is 80.9. The predicted molar refractivity (Wildman–Crippen MR) is 49.1 cm³/mol. The van der Waals surface area contributed by atoms with Gasteiger partial charge in [-0.05, 0) is 32.1 Å². The molecule has 0 N–H and O–H groups in total. The van der Waals surface area contributed by atoms with Crippen LogP contribution in [0.2, 0.25) is 0 Å². The largest absolute Gasteiger partial charge is 0.381 e. The van der Waals surface area contributed by atoms with Crippen LogP contribution in [-0.4, -0.2) is 13.2 Å². The summed E-state index contributed by atoms with van der Waals surface area (Å²) >= 11 is 0. The van der Waals surface area contributed by atoms with E-state index in [-0.39, 0.29) is 0 Å². The normalized spacial score (nSPS) is 16.4. The molecule has 0 heterocycles. The molecule has 0 aromatic carbocycles. The van der Waals surface area contributed by atoms with Crippen molar-refractivity contribution in [3.8, 4) is 0 Å². The van der Waals surface area contributed by atoms with Crippen molar-refractivity contribution in [1.29, 1.82) is 0 Å². The predicted octanol–water partition coefficient (Wildman–Crippen LogP) is 2.87. The van der Waals surface area contributed by atoms with Crippen molar-refractivity contribution in [3.63, 3.8) is 0 Å². The van der Waals surface area contributed by atoms with Crippen LogP contribution >= 0.6 is 0 Å². The maximum Gasteiger partial charge on any atom is 0.0599 e. The molecule has 0 rings (SSSR count). The van der Waals surface area contributed by atoms with Crippen molar-refractivity contribution < 1.29 is 4.74 Å². The summed E-state index contributed by atoms with van der Waals surface area (Å²) in [7, 11) is 1.77. The van der Waals surface area contributed by atoms with Crippen molar-refractivity contribution in [2.45, 2.75) is 39.2 Å². The molecule has 0 saturated carbocycles. The Hall–Kier alpha value is -0.0400. The molecule has 0 aliphatic rings. The average molecular weight is 156 g/mol. The first-order valence-electron chi connectivity index (χ1n) is 4.39. The van der Waals surface area contributed by atoms with Crippen molar-refractivity contribution >= 4 is 0 Å². The van der Waals surface area contributed by atoms with E-state index in [4.69, 9.17) is 4.74 Å². The summed E-state index contributed by atoms with van der Waals surface area (Å²) < 4.78 is 5.32. The zero-order valence-corrected chi connectivity index (χ0v) is 7.97. The Morgan fingerprint density at radius 1 is 1.55 bits per heavy atom. The Labute approximate surface area is 71.1 Å². The van der Waals surface area contributed by atoms with Gasteiger partial charge in [-0.25, -0.2) is 0 Å². The summed E-state index contributed by atoms with van der Waals surface area (Å²) in [5.41, 5.74) is 0. The van der Waals surface area contributed by atoms with Gasteiger partial charge in [0.2, 0.25) is 0 Å². The Morgan fingerprint density at radius 3 is 2.55 bits per heavy atom. The van der Waals surface area contributed by atoms with Gasteiger partial charge < -0.3 is 4.74 Å². The first-order valence-corrected chi connectivity index (χ1v) is 4.39. The van der Waals surface area contributed by atoms with Gasteiger partial charge in [0.1, 0.15) is 0 Å². The molecule has 0 aliphatic carbocycles. The summed E-state index contributed by atoms with van der Waals surface area (Å²) in [6.07, 6.45) is 5.85. The molecule has 0 bridgehead atoms. The summed E-state index contributed by atoms with van der Waals surface area (Å²) in [6, 6.07) is 0. The molecule has 11 heavy (non-hydrogen) atoms. The van der Waals surface area contributed by atoms with Gasteiger partial charge in [0, 0.05) is 7.11 Å². The molecule has 0 amide bonds. The summed E-state index contributed by atoms with van der Waals surface area (Å²) in [5, 5.41) is 0. The third-order valence-corrected chi connectivity index (χ3v) is 1.94. The highest BCUT2D eigenvalue weighted by atomic mass is 16.5. The quantitative estimate of drug-likeness (QED) is 0.574. The van der Waals surface area contributed by atoms with Crippen molar-refractivity contribution in [1.82, 2.24) is 0 Å². The smallest absolute Gasteiger partial charge is 0.0599 e. The van der Waals surface area contributed by atoms with Crippen LogP contribution < -0.4 is 0 Å². The lowest BCUT2D eigenvalue weighted by atomic mass is 9.96. The van der Waals surface area contributed by atoms with Crippen LogP contribution in [0.3, 0.4) is 0 Å².